The van der Waals surface area contributed by atoms with Gasteiger partial charge >= 0.3 is 0 Å². The Kier molecular flexibility index (Phi) is 2.42. The van der Waals surface area contributed by atoms with E-state index in [0.29, 0.717) is 13.2 Å². The summed E-state index contributed by atoms with van der Waals surface area (Å²) in [7, 11) is 0. The van der Waals surface area contributed by atoms with Crippen molar-refractivity contribution < 1.29 is 4.74 Å². The summed E-state index contributed by atoms with van der Waals surface area (Å²) >= 11 is 1.74. The van der Waals surface area contributed by atoms with Crippen molar-refractivity contribution in [2.45, 2.75) is 18.9 Å². The number of thiazole rings is 1. The molecule has 0 radical (unpaired) electrons. The average Bonchev–Trinajstić information content (AvgIpc) is 2.82. The van der Waals surface area contributed by atoms with Crippen molar-refractivity contribution in [2.75, 3.05) is 13.2 Å². The summed E-state index contributed by atoms with van der Waals surface area (Å²) in [6.45, 7) is 3.45. The number of ether oxygens (including phenoxy) is 1. The van der Waals surface area contributed by atoms with Gasteiger partial charge in [-0.15, -0.1) is 11.3 Å². The van der Waals surface area contributed by atoms with E-state index in [-0.39, 0.29) is 12.0 Å². The van der Waals surface area contributed by atoms with Crippen LogP contribution in [0.5, 0.6) is 0 Å². The zero-order chi connectivity index (χ0) is 11.1. The molecule has 1 saturated heterocycles. The van der Waals surface area contributed by atoms with Crippen LogP contribution in [0.4, 0.5) is 0 Å². The minimum absolute atomic E-state index is 0.0988. The highest BCUT2D eigenvalue weighted by atomic mass is 32.1. The van der Waals surface area contributed by atoms with Crippen molar-refractivity contribution in [1.29, 1.82) is 0 Å². The second-order valence-electron chi connectivity index (χ2n) is 4.33. The molecule has 1 aliphatic heterocycles. The molecule has 0 saturated carbocycles. The van der Waals surface area contributed by atoms with Crippen LogP contribution in [0.25, 0.3) is 10.2 Å². The highest BCUT2D eigenvalue weighted by molar-refractivity contribution is 7.18. The van der Waals surface area contributed by atoms with E-state index < -0.39 is 0 Å². The molecule has 2 unspecified atom stereocenters. The van der Waals surface area contributed by atoms with Gasteiger partial charge < -0.3 is 10.5 Å². The molecule has 3 nitrogen and oxygen atoms in total. The number of hydrogen-bond acceptors (Lipinski definition) is 4. The van der Waals surface area contributed by atoms with E-state index in [2.05, 4.69) is 30.1 Å². The van der Waals surface area contributed by atoms with Crippen LogP contribution < -0.4 is 5.73 Å². The predicted octanol–water partition coefficient (Wildman–Crippen LogP) is 2.05. The molecule has 2 aromatic rings. The molecule has 3 rings (SSSR count). The van der Waals surface area contributed by atoms with Gasteiger partial charge in [0.1, 0.15) is 5.01 Å². The summed E-state index contributed by atoms with van der Waals surface area (Å²) in [5.41, 5.74) is 8.33. The number of hydrogen-bond donors (Lipinski definition) is 1. The summed E-state index contributed by atoms with van der Waals surface area (Å²) in [5, 5.41) is 1.12. The SMILES string of the molecule is Cc1ccc2sc(C3COCC3N)nc2c1. The van der Waals surface area contributed by atoms with Crippen molar-refractivity contribution >= 4 is 21.6 Å². The van der Waals surface area contributed by atoms with Crippen molar-refractivity contribution in [3.8, 4) is 0 Å². The zero-order valence-electron chi connectivity index (χ0n) is 9.14. The fraction of sp³-hybridized carbons (Fsp3) is 0.417. The molecule has 1 aliphatic rings. The molecule has 84 valence electrons. The van der Waals surface area contributed by atoms with Gasteiger partial charge in [-0.1, -0.05) is 6.07 Å². The molecule has 0 spiro atoms. The summed E-state index contributed by atoms with van der Waals surface area (Å²) in [5.74, 6) is 0.276. The van der Waals surface area contributed by atoms with Crippen molar-refractivity contribution in [3.63, 3.8) is 0 Å². The van der Waals surface area contributed by atoms with E-state index in [1.807, 2.05) is 0 Å². The molecule has 1 aromatic carbocycles. The van der Waals surface area contributed by atoms with Crippen LogP contribution in [-0.4, -0.2) is 24.2 Å². The van der Waals surface area contributed by atoms with Gasteiger partial charge in [0.25, 0.3) is 0 Å². The number of fused-ring (bicyclic) bond motifs is 1. The number of rotatable bonds is 1. The maximum Gasteiger partial charge on any atom is 0.101 e. The highest BCUT2D eigenvalue weighted by Crippen LogP contribution is 2.32. The summed E-state index contributed by atoms with van der Waals surface area (Å²) in [4.78, 5) is 4.66. The Morgan fingerprint density at radius 3 is 3.06 bits per heavy atom. The molecule has 0 bridgehead atoms. The lowest BCUT2D eigenvalue weighted by Crippen LogP contribution is -2.26. The van der Waals surface area contributed by atoms with Gasteiger partial charge in [0.2, 0.25) is 0 Å². The van der Waals surface area contributed by atoms with E-state index in [0.717, 1.165) is 10.5 Å². The lowest BCUT2D eigenvalue weighted by atomic mass is 10.1. The maximum absolute atomic E-state index is 6.00. The third-order valence-electron chi connectivity index (χ3n) is 3.00. The number of aromatic nitrogens is 1. The van der Waals surface area contributed by atoms with Crippen LogP contribution in [0.3, 0.4) is 0 Å². The second kappa shape index (κ2) is 3.80. The van der Waals surface area contributed by atoms with E-state index in [1.54, 1.807) is 11.3 Å². The van der Waals surface area contributed by atoms with Crippen LogP contribution in [0.15, 0.2) is 18.2 Å². The van der Waals surface area contributed by atoms with Crippen LogP contribution in [0, 0.1) is 6.92 Å². The number of aryl methyl sites for hydroxylation is 1. The Labute approximate surface area is 98.2 Å². The first-order valence-electron chi connectivity index (χ1n) is 5.44. The van der Waals surface area contributed by atoms with Gasteiger partial charge in [-0.3, -0.25) is 0 Å². The minimum Gasteiger partial charge on any atom is -0.379 e. The van der Waals surface area contributed by atoms with Gasteiger partial charge in [0.15, 0.2) is 0 Å². The maximum atomic E-state index is 6.00. The first-order chi connectivity index (χ1) is 7.74. The van der Waals surface area contributed by atoms with E-state index >= 15 is 0 Å². The van der Waals surface area contributed by atoms with Gasteiger partial charge in [0, 0.05) is 6.04 Å². The van der Waals surface area contributed by atoms with Gasteiger partial charge in [-0.2, -0.15) is 0 Å². The largest absolute Gasteiger partial charge is 0.379 e. The smallest absolute Gasteiger partial charge is 0.101 e. The van der Waals surface area contributed by atoms with Crippen molar-refractivity contribution in [2.24, 2.45) is 5.73 Å². The highest BCUT2D eigenvalue weighted by Gasteiger charge is 2.29. The second-order valence-corrected chi connectivity index (χ2v) is 5.39. The molecular formula is C12H14N2OS. The topological polar surface area (TPSA) is 48.1 Å². The number of benzene rings is 1. The van der Waals surface area contributed by atoms with E-state index in [9.17, 15) is 0 Å². The average molecular weight is 234 g/mol. The molecule has 4 heteroatoms. The Bertz CT molecular complexity index is 523. The first kappa shape index (κ1) is 10.2. The predicted molar refractivity (Wildman–Crippen MR) is 65.9 cm³/mol. The number of nitrogens with zero attached hydrogens (tertiary/aromatic N) is 1. The molecule has 0 amide bonds. The lowest BCUT2D eigenvalue weighted by molar-refractivity contribution is 0.191. The number of nitrogens with two attached hydrogens (primary N) is 1. The third kappa shape index (κ3) is 1.63. The molecular weight excluding hydrogens is 220 g/mol. The third-order valence-corrected chi connectivity index (χ3v) is 4.17. The molecule has 16 heavy (non-hydrogen) atoms. The minimum atomic E-state index is 0.0988. The molecule has 2 heterocycles. The fourth-order valence-electron chi connectivity index (χ4n) is 2.04. The quantitative estimate of drug-likeness (QED) is 0.821. The lowest BCUT2D eigenvalue weighted by Gasteiger charge is -2.08. The normalized spacial score (nSPS) is 25.4. The van der Waals surface area contributed by atoms with E-state index in [4.69, 9.17) is 10.5 Å². The van der Waals surface area contributed by atoms with Crippen molar-refractivity contribution in [3.05, 3.63) is 28.8 Å². The zero-order valence-corrected chi connectivity index (χ0v) is 9.96. The Morgan fingerprint density at radius 1 is 1.44 bits per heavy atom. The van der Waals surface area contributed by atoms with Crippen LogP contribution in [0.1, 0.15) is 16.5 Å². The molecule has 1 fully saturated rings. The summed E-state index contributed by atoms with van der Waals surface area (Å²) in [6.07, 6.45) is 0. The molecule has 1 aromatic heterocycles. The Hall–Kier alpha value is -0.970. The molecule has 2 N–H and O–H groups in total. The van der Waals surface area contributed by atoms with Crippen LogP contribution in [-0.2, 0) is 4.74 Å². The van der Waals surface area contributed by atoms with Gasteiger partial charge in [-0.05, 0) is 24.6 Å². The molecule has 0 aliphatic carbocycles. The van der Waals surface area contributed by atoms with Gasteiger partial charge in [-0.25, -0.2) is 4.98 Å². The Balaban J connectivity index is 2.04. The van der Waals surface area contributed by atoms with Crippen molar-refractivity contribution in [1.82, 2.24) is 4.98 Å². The van der Waals surface area contributed by atoms with Gasteiger partial charge in [0.05, 0.1) is 29.3 Å². The van der Waals surface area contributed by atoms with Crippen LogP contribution >= 0.6 is 11.3 Å². The summed E-state index contributed by atoms with van der Waals surface area (Å²) in [6, 6.07) is 6.47. The fourth-order valence-corrected chi connectivity index (χ4v) is 3.15. The van der Waals surface area contributed by atoms with Crippen LogP contribution in [0.2, 0.25) is 0 Å². The molecule has 2 atom stereocenters. The first-order valence-corrected chi connectivity index (χ1v) is 6.26. The summed E-state index contributed by atoms with van der Waals surface area (Å²) < 4.78 is 6.62. The standard InChI is InChI=1S/C12H14N2OS/c1-7-2-3-11-10(4-7)14-12(16-11)8-5-15-6-9(8)13/h2-4,8-9H,5-6,13H2,1H3. The Morgan fingerprint density at radius 2 is 2.31 bits per heavy atom. The van der Waals surface area contributed by atoms with E-state index in [1.165, 1.54) is 10.3 Å². The monoisotopic (exact) mass is 234 g/mol.